The van der Waals surface area contributed by atoms with Crippen molar-refractivity contribution >= 4 is 44.6 Å². The molecule has 0 unspecified atom stereocenters. The second-order valence-electron chi connectivity index (χ2n) is 7.67. The fourth-order valence-corrected chi connectivity index (χ4v) is 5.05. The van der Waals surface area contributed by atoms with Gasteiger partial charge in [-0.25, -0.2) is 8.42 Å². The quantitative estimate of drug-likeness (QED) is 0.590. The van der Waals surface area contributed by atoms with Crippen molar-refractivity contribution in [2.75, 3.05) is 10.0 Å². The molecule has 0 saturated heterocycles. The molecule has 0 aliphatic heterocycles. The van der Waals surface area contributed by atoms with Gasteiger partial charge in [-0.1, -0.05) is 37.5 Å². The first-order chi connectivity index (χ1) is 14.3. The molecule has 2 aromatic carbocycles. The van der Waals surface area contributed by atoms with E-state index in [4.69, 9.17) is 12.2 Å². The molecule has 30 heavy (non-hydrogen) atoms. The van der Waals surface area contributed by atoms with Gasteiger partial charge < -0.3 is 10.6 Å². The van der Waals surface area contributed by atoms with Crippen molar-refractivity contribution in [3.63, 3.8) is 0 Å². The summed E-state index contributed by atoms with van der Waals surface area (Å²) in [6.07, 6.45) is 5.12. The summed E-state index contributed by atoms with van der Waals surface area (Å²) in [6.45, 7) is 3.72. The van der Waals surface area contributed by atoms with Gasteiger partial charge in [0, 0.05) is 11.6 Å². The molecule has 3 rings (SSSR count). The number of para-hydroxylation sites is 1. The van der Waals surface area contributed by atoms with Gasteiger partial charge in [0.15, 0.2) is 5.11 Å². The number of carbonyl (C=O) groups excluding carboxylic acids is 1. The summed E-state index contributed by atoms with van der Waals surface area (Å²) in [6, 6.07) is 11.9. The maximum atomic E-state index is 12.7. The lowest BCUT2D eigenvalue weighted by Gasteiger charge is -2.21. The number of hydrogen-bond acceptors (Lipinski definition) is 4. The maximum absolute atomic E-state index is 12.7. The molecule has 160 valence electrons. The van der Waals surface area contributed by atoms with Gasteiger partial charge in [-0.05, 0) is 74.3 Å². The Kier molecular flexibility index (Phi) is 7.10. The van der Waals surface area contributed by atoms with E-state index in [-0.39, 0.29) is 21.8 Å². The highest BCUT2D eigenvalue weighted by Crippen LogP contribution is 2.25. The fraction of sp³-hybridized carbons (Fsp3) is 0.364. The topological polar surface area (TPSA) is 87.3 Å². The average Bonchev–Trinajstić information content (AvgIpc) is 2.72. The van der Waals surface area contributed by atoms with E-state index in [1.807, 2.05) is 32.0 Å². The van der Waals surface area contributed by atoms with Gasteiger partial charge in [0.25, 0.3) is 10.0 Å². The van der Waals surface area contributed by atoms with Crippen molar-refractivity contribution in [1.82, 2.24) is 5.32 Å². The third-order valence-corrected chi connectivity index (χ3v) is 6.92. The van der Waals surface area contributed by atoms with Crippen LogP contribution in [0.1, 0.15) is 43.2 Å². The molecule has 0 aromatic heterocycles. The second kappa shape index (κ2) is 9.57. The highest BCUT2D eigenvalue weighted by molar-refractivity contribution is 7.92. The highest BCUT2D eigenvalue weighted by Gasteiger charge is 2.22. The summed E-state index contributed by atoms with van der Waals surface area (Å²) < 4.78 is 28.2. The third-order valence-electron chi connectivity index (χ3n) is 5.35. The monoisotopic (exact) mass is 445 g/mol. The van der Waals surface area contributed by atoms with Crippen molar-refractivity contribution in [2.45, 2.75) is 50.8 Å². The lowest BCUT2D eigenvalue weighted by Crippen LogP contribution is -2.38. The van der Waals surface area contributed by atoms with Gasteiger partial charge in [-0.15, -0.1) is 0 Å². The number of carbonyl (C=O) groups is 1. The molecule has 0 radical (unpaired) electrons. The minimum absolute atomic E-state index is 0.0157. The Bertz CT molecular complexity index is 1010. The summed E-state index contributed by atoms with van der Waals surface area (Å²) in [7, 11) is -3.72. The van der Waals surface area contributed by atoms with E-state index in [2.05, 4.69) is 15.4 Å². The molecule has 2 aromatic rings. The Morgan fingerprint density at radius 3 is 2.17 bits per heavy atom. The number of thiocarbonyl (C=S) groups is 1. The van der Waals surface area contributed by atoms with Crippen molar-refractivity contribution in [1.29, 1.82) is 0 Å². The first-order valence-electron chi connectivity index (χ1n) is 10.1. The van der Waals surface area contributed by atoms with E-state index in [1.54, 1.807) is 12.1 Å². The lowest BCUT2D eigenvalue weighted by molar-refractivity contribution is -0.124. The summed E-state index contributed by atoms with van der Waals surface area (Å²) in [5.41, 5.74) is 2.91. The minimum atomic E-state index is -3.72. The number of anilines is 2. The number of nitrogens with one attached hydrogen (secondary N) is 3. The molecule has 6 nitrogen and oxygen atoms in total. The lowest BCUT2D eigenvalue weighted by atomic mass is 9.89. The molecular formula is C22H27N3O3S2. The van der Waals surface area contributed by atoms with E-state index in [1.165, 1.54) is 18.6 Å². The van der Waals surface area contributed by atoms with Gasteiger partial charge in [0.05, 0.1) is 10.6 Å². The van der Waals surface area contributed by atoms with Crippen LogP contribution < -0.4 is 15.4 Å². The SMILES string of the molecule is Cc1cccc(C)c1NS(=O)(=O)c1ccc(NC(=S)NC(=O)C2CCCCC2)cc1. The van der Waals surface area contributed by atoms with Crippen molar-refractivity contribution < 1.29 is 13.2 Å². The van der Waals surface area contributed by atoms with E-state index < -0.39 is 10.0 Å². The maximum Gasteiger partial charge on any atom is 0.261 e. The Labute approximate surface area is 183 Å². The van der Waals surface area contributed by atoms with E-state index in [0.717, 1.165) is 36.8 Å². The standard InChI is InChI=1S/C22H27N3O3S2/c1-15-7-6-8-16(2)20(15)25-30(27,28)19-13-11-18(12-14-19)23-22(29)24-21(26)17-9-4-3-5-10-17/h6-8,11-14,17,25H,3-5,9-10H2,1-2H3,(H2,23,24,26,29). The molecule has 0 bridgehead atoms. The molecular weight excluding hydrogens is 418 g/mol. The van der Waals surface area contributed by atoms with Crippen molar-refractivity contribution in [3.05, 3.63) is 53.6 Å². The number of benzene rings is 2. The third kappa shape index (κ3) is 5.58. The molecule has 1 amide bonds. The Hall–Kier alpha value is -2.45. The smallest absolute Gasteiger partial charge is 0.261 e. The molecule has 3 N–H and O–H groups in total. The van der Waals surface area contributed by atoms with Crippen LogP contribution in [0.2, 0.25) is 0 Å². The molecule has 0 spiro atoms. The zero-order valence-corrected chi connectivity index (χ0v) is 18.8. The molecule has 1 aliphatic carbocycles. The molecule has 1 fully saturated rings. The number of aryl methyl sites for hydroxylation is 2. The second-order valence-corrected chi connectivity index (χ2v) is 9.77. The Morgan fingerprint density at radius 2 is 1.57 bits per heavy atom. The highest BCUT2D eigenvalue weighted by atomic mass is 32.2. The molecule has 8 heteroatoms. The van der Waals surface area contributed by atoms with Gasteiger partial charge in [-0.3, -0.25) is 9.52 Å². The van der Waals surface area contributed by atoms with Crippen LogP contribution in [0, 0.1) is 19.8 Å². The summed E-state index contributed by atoms with van der Waals surface area (Å²) >= 11 is 5.23. The largest absolute Gasteiger partial charge is 0.332 e. The molecule has 1 aliphatic rings. The zero-order valence-electron chi connectivity index (χ0n) is 17.2. The van der Waals surface area contributed by atoms with E-state index >= 15 is 0 Å². The number of hydrogen-bond donors (Lipinski definition) is 3. The minimum Gasteiger partial charge on any atom is -0.332 e. The van der Waals surface area contributed by atoms with Crippen LogP contribution in [0.15, 0.2) is 47.4 Å². The van der Waals surface area contributed by atoms with Crippen LogP contribution >= 0.6 is 12.2 Å². The normalized spacial score (nSPS) is 14.7. The van der Waals surface area contributed by atoms with Crippen LogP contribution in [0.25, 0.3) is 0 Å². The van der Waals surface area contributed by atoms with Gasteiger partial charge in [0.2, 0.25) is 5.91 Å². The van der Waals surface area contributed by atoms with Gasteiger partial charge >= 0.3 is 0 Å². The van der Waals surface area contributed by atoms with Crippen LogP contribution in [0.4, 0.5) is 11.4 Å². The van der Waals surface area contributed by atoms with E-state index in [9.17, 15) is 13.2 Å². The Morgan fingerprint density at radius 1 is 0.967 bits per heavy atom. The summed E-state index contributed by atoms with van der Waals surface area (Å²) in [5, 5.41) is 5.90. The van der Waals surface area contributed by atoms with Crippen LogP contribution in [-0.2, 0) is 14.8 Å². The fourth-order valence-electron chi connectivity index (χ4n) is 3.63. The zero-order chi connectivity index (χ0) is 21.7. The molecule has 1 saturated carbocycles. The molecule has 0 heterocycles. The first kappa shape index (κ1) is 22.2. The average molecular weight is 446 g/mol. The van der Waals surface area contributed by atoms with E-state index in [0.29, 0.717) is 11.4 Å². The van der Waals surface area contributed by atoms with Crippen LogP contribution in [0.3, 0.4) is 0 Å². The first-order valence-corrected chi connectivity index (χ1v) is 12.0. The van der Waals surface area contributed by atoms with Gasteiger partial charge in [-0.2, -0.15) is 0 Å². The summed E-state index contributed by atoms with van der Waals surface area (Å²) in [4.78, 5) is 12.4. The number of sulfonamides is 1. The Balaban J connectivity index is 1.62. The van der Waals surface area contributed by atoms with Crippen molar-refractivity contribution in [3.8, 4) is 0 Å². The predicted octanol–water partition coefficient (Wildman–Crippen LogP) is 4.50. The number of amides is 1. The summed E-state index contributed by atoms with van der Waals surface area (Å²) in [5.74, 6) is -0.0359. The number of rotatable bonds is 5. The molecule has 0 atom stereocenters. The van der Waals surface area contributed by atoms with Gasteiger partial charge in [0.1, 0.15) is 0 Å². The predicted molar refractivity (Wildman–Crippen MR) is 124 cm³/mol. The van der Waals surface area contributed by atoms with Crippen LogP contribution in [0.5, 0.6) is 0 Å². The van der Waals surface area contributed by atoms with Crippen LogP contribution in [-0.4, -0.2) is 19.4 Å². The van der Waals surface area contributed by atoms with Crippen molar-refractivity contribution in [2.24, 2.45) is 5.92 Å².